The first-order valence-electron chi connectivity index (χ1n) is 9.77. The minimum absolute atomic E-state index is 0.0760. The number of hydrogen-bond donors (Lipinski definition) is 1. The molecule has 0 aromatic heterocycles. The zero-order valence-electron chi connectivity index (χ0n) is 17.2. The Morgan fingerprint density at radius 3 is 2.23 bits per heavy atom. The smallest absolute Gasteiger partial charge is 0.368 e. The summed E-state index contributed by atoms with van der Waals surface area (Å²) in [5.41, 5.74) is 0.638. The van der Waals surface area contributed by atoms with E-state index in [0.29, 0.717) is 18.8 Å². The van der Waals surface area contributed by atoms with Gasteiger partial charge in [-0.2, -0.15) is 17.9 Å². The molecule has 0 aliphatic carbocycles. The van der Waals surface area contributed by atoms with E-state index in [1.165, 1.54) is 30.0 Å². The molecule has 31 heavy (non-hydrogen) atoms. The van der Waals surface area contributed by atoms with Crippen LogP contribution in [0.1, 0.15) is 18.1 Å². The lowest BCUT2D eigenvalue weighted by Crippen LogP contribution is -2.54. The number of carbonyl (C=O) groups excluding carboxylic acids is 1. The summed E-state index contributed by atoms with van der Waals surface area (Å²) in [5, 5.41) is 0. The van der Waals surface area contributed by atoms with Crippen LogP contribution >= 0.6 is 0 Å². The molecule has 0 bridgehead atoms. The maximum Gasteiger partial charge on any atom is 0.416 e. The summed E-state index contributed by atoms with van der Waals surface area (Å²) >= 11 is 0. The highest BCUT2D eigenvalue weighted by Crippen LogP contribution is 2.31. The molecule has 168 valence electrons. The van der Waals surface area contributed by atoms with Crippen molar-refractivity contribution in [2.45, 2.75) is 31.0 Å². The number of nitrogens with one attached hydrogen (secondary N) is 1. The summed E-state index contributed by atoms with van der Waals surface area (Å²) in [4.78, 5) is 16.1. The minimum Gasteiger partial charge on any atom is -0.368 e. The van der Waals surface area contributed by atoms with Crippen molar-refractivity contribution in [2.24, 2.45) is 0 Å². The fraction of sp³-hybridized carbons (Fsp3) is 0.381. The van der Waals surface area contributed by atoms with E-state index in [-0.39, 0.29) is 23.9 Å². The molecule has 0 saturated carbocycles. The van der Waals surface area contributed by atoms with Gasteiger partial charge in [0.2, 0.25) is 15.9 Å². The predicted octanol–water partition coefficient (Wildman–Crippen LogP) is 3.03. The van der Waals surface area contributed by atoms with Crippen LogP contribution in [0.4, 0.5) is 18.9 Å². The molecule has 1 amide bonds. The number of anilines is 1. The fourth-order valence-corrected chi connectivity index (χ4v) is 4.60. The number of aryl methyl sites for hydroxylation is 1. The van der Waals surface area contributed by atoms with Gasteiger partial charge in [0.15, 0.2) is 0 Å². The van der Waals surface area contributed by atoms with E-state index in [9.17, 15) is 26.4 Å². The highest BCUT2D eigenvalue weighted by molar-refractivity contribution is 7.89. The van der Waals surface area contributed by atoms with Crippen LogP contribution in [0.3, 0.4) is 0 Å². The molecule has 1 aliphatic heterocycles. The first-order valence-corrected chi connectivity index (χ1v) is 11.3. The molecule has 0 unspecified atom stereocenters. The van der Waals surface area contributed by atoms with E-state index in [1.807, 2.05) is 6.92 Å². The molecule has 1 N–H and O–H groups in total. The van der Waals surface area contributed by atoms with Crippen molar-refractivity contribution in [2.75, 3.05) is 31.1 Å². The first-order chi connectivity index (χ1) is 14.5. The van der Waals surface area contributed by atoms with Crippen LogP contribution in [-0.2, 0) is 21.0 Å². The summed E-state index contributed by atoms with van der Waals surface area (Å²) in [6, 6.07) is 10.4. The lowest BCUT2D eigenvalue weighted by atomic mass is 10.1. The number of sulfonamides is 1. The van der Waals surface area contributed by atoms with Gasteiger partial charge in [-0.05, 0) is 44.2 Å². The molecule has 6 nitrogen and oxygen atoms in total. The number of halogens is 3. The molecule has 2 aromatic carbocycles. The highest BCUT2D eigenvalue weighted by atomic mass is 32.2. The molecule has 0 radical (unpaired) electrons. The molecule has 2 aromatic rings. The van der Waals surface area contributed by atoms with Crippen LogP contribution < -0.4 is 9.62 Å². The Hall–Kier alpha value is -2.59. The van der Waals surface area contributed by atoms with Crippen LogP contribution in [0.25, 0.3) is 0 Å². The zero-order chi connectivity index (χ0) is 22.8. The van der Waals surface area contributed by atoms with Gasteiger partial charge in [-0.25, -0.2) is 8.42 Å². The zero-order valence-corrected chi connectivity index (χ0v) is 18.0. The number of rotatable bonds is 5. The van der Waals surface area contributed by atoms with Gasteiger partial charge >= 0.3 is 6.18 Å². The number of carbonyl (C=O) groups is 1. The second kappa shape index (κ2) is 8.88. The van der Waals surface area contributed by atoms with Crippen LogP contribution in [0.5, 0.6) is 0 Å². The molecular weight excluding hydrogens is 431 g/mol. The second-order valence-electron chi connectivity index (χ2n) is 7.52. The van der Waals surface area contributed by atoms with Crippen molar-refractivity contribution >= 4 is 21.6 Å². The average Bonchev–Trinajstić information content (AvgIpc) is 2.73. The quantitative estimate of drug-likeness (QED) is 0.753. The van der Waals surface area contributed by atoms with Gasteiger partial charge in [0.05, 0.1) is 16.5 Å². The molecular formula is C21H24F3N3O3S. The number of piperazine rings is 1. The summed E-state index contributed by atoms with van der Waals surface area (Å²) < 4.78 is 66.2. The number of amides is 1. The molecule has 1 fully saturated rings. The van der Waals surface area contributed by atoms with Crippen molar-refractivity contribution in [1.29, 1.82) is 0 Å². The number of benzene rings is 2. The van der Waals surface area contributed by atoms with E-state index in [2.05, 4.69) is 4.72 Å². The summed E-state index contributed by atoms with van der Waals surface area (Å²) in [6.45, 7) is 4.59. The fourth-order valence-electron chi connectivity index (χ4n) is 3.41. The Bertz CT molecular complexity index is 1030. The maximum atomic E-state index is 12.9. The summed E-state index contributed by atoms with van der Waals surface area (Å²) in [7, 11) is -3.85. The predicted molar refractivity (Wildman–Crippen MR) is 111 cm³/mol. The summed E-state index contributed by atoms with van der Waals surface area (Å²) in [6.07, 6.45) is -4.42. The standard InChI is InChI=1S/C21H24F3N3O3S/c1-15-6-8-19(9-7-15)31(29,30)25-16(2)20(28)27-12-10-26(11-13-27)18-5-3-4-17(14-18)21(22,23)24/h3-9,14,16,25H,10-13H2,1-2H3/t16-/m1/s1. The Morgan fingerprint density at radius 2 is 1.65 bits per heavy atom. The van der Waals surface area contributed by atoms with Crippen LogP contribution in [-0.4, -0.2) is 51.4 Å². The highest BCUT2D eigenvalue weighted by Gasteiger charge is 2.32. The third-order valence-electron chi connectivity index (χ3n) is 5.16. The van der Waals surface area contributed by atoms with Gasteiger partial charge in [-0.3, -0.25) is 4.79 Å². The van der Waals surface area contributed by atoms with E-state index in [1.54, 1.807) is 23.1 Å². The Kier molecular flexibility index (Phi) is 6.61. The molecule has 1 atom stereocenters. The van der Waals surface area contributed by atoms with Gasteiger partial charge < -0.3 is 9.80 Å². The van der Waals surface area contributed by atoms with Gasteiger partial charge in [0, 0.05) is 31.9 Å². The van der Waals surface area contributed by atoms with Crippen LogP contribution in [0, 0.1) is 6.92 Å². The van der Waals surface area contributed by atoms with Crippen molar-refractivity contribution < 1.29 is 26.4 Å². The second-order valence-corrected chi connectivity index (χ2v) is 9.23. The SMILES string of the molecule is Cc1ccc(S(=O)(=O)N[C@H](C)C(=O)N2CCN(c3cccc(C(F)(F)F)c3)CC2)cc1. The third kappa shape index (κ3) is 5.56. The third-order valence-corrected chi connectivity index (χ3v) is 6.72. The van der Waals surface area contributed by atoms with Crippen molar-refractivity contribution in [3.63, 3.8) is 0 Å². The van der Waals surface area contributed by atoms with E-state index >= 15 is 0 Å². The molecule has 1 heterocycles. The van der Waals surface area contributed by atoms with Gasteiger partial charge in [-0.15, -0.1) is 0 Å². The lowest BCUT2D eigenvalue weighted by Gasteiger charge is -2.37. The van der Waals surface area contributed by atoms with Crippen LogP contribution in [0.2, 0.25) is 0 Å². The van der Waals surface area contributed by atoms with Crippen molar-refractivity contribution in [3.05, 3.63) is 59.7 Å². The molecule has 3 rings (SSSR count). The largest absolute Gasteiger partial charge is 0.416 e. The van der Waals surface area contributed by atoms with Gasteiger partial charge in [0.25, 0.3) is 0 Å². The van der Waals surface area contributed by atoms with E-state index in [0.717, 1.165) is 17.7 Å². The molecule has 10 heteroatoms. The monoisotopic (exact) mass is 455 g/mol. The van der Waals surface area contributed by atoms with Crippen molar-refractivity contribution in [3.8, 4) is 0 Å². The van der Waals surface area contributed by atoms with Gasteiger partial charge in [-0.1, -0.05) is 23.8 Å². The topological polar surface area (TPSA) is 69.7 Å². The number of hydrogen-bond acceptors (Lipinski definition) is 4. The van der Waals surface area contributed by atoms with Crippen LogP contribution in [0.15, 0.2) is 53.4 Å². The first kappa shape index (κ1) is 23.1. The molecule has 0 spiro atoms. The Labute approximate surface area is 179 Å². The van der Waals surface area contributed by atoms with Crippen molar-refractivity contribution in [1.82, 2.24) is 9.62 Å². The van der Waals surface area contributed by atoms with E-state index < -0.39 is 27.8 Å². The number of alkyl halides is 3. The Morgan fingerprint density at radius 1 is 1.03 bits per heavy atom. The Balaban J connectivity index is 1.60. The lowest BCUT2D eigenvalue weighted by molar-refractivity contribution is -0.137. The number of nitrogens with zero attached hydrogens (tertiary/aromatic N) is 2. The molecule has 1 aliphatic rings. The van der Waals surface area contributed by atoms with Gasteiger partial charge in [0.1, 0.15) is 0 Å². The maximum absolute atomic E-state index is 12.9. The normalized spacial score (nSPS) is 16.3. The van der Waals surface area contributed by atoms with E-state index in [4.69, 9.17) is 0 Å². The minimum atomic E-state index is -4.42. The molecule has 1 saturated heterocycles. The summed E-state index contributed by atoms with van der Waals surface area (Å²) in [5.74, 6) is -0.376. The average molecular weight is 456 g/mol.